The van der Waals surface area contributed by atoms with Gasteiger partial charge in [-0.15, -0.1) is 0 Å². The lowest BCUT2D eigenvalue weighted by Gasteiger charge is -2.26. The van der Waals surface area contributed by atoms with Gasteiger partial charge in [0.15, 0.2) is 0 Å². The van der Waals surface area contributed by atoms with Crippen molar-refractivity contribution in [3.8, 4) is 0 Å². The van der Waals surface area contributed by atoms with E-state index in [0.717, 1.165) is 34.4 Å². The number of carboxylic acids is 3. The smallest absolute Gasteiger partial charge is 0.315 e. The number of aliphatic carboxylic acids is 3. The summed E-state index contributed by atoms with van der Waals surface area (Å²) in [4.78, 5) is 115. The molecule has 13 rings (SSSR count). The number of hydrogen-bond acceptors (Lipinski definition) is 16. The molecule has 9 heterocycles. The summed E-state index contributed by atoms with van der Waals surface area (Å²) < 4.78 is 11.1. The van der Waals surface area contributed by atoms with Crippen LogP contribution in [-0.4, -0.2) is 158 Å². The molecule has 0 radical (unpaired) electrons. The molecule has 2 saturated heterocycles. The van der Waals surface area contributed by atoms with Gasteiger partial charge in [0.2, 0.25) is 23.6 Å². The Kier molecular flexibility index (Phi) is 27.3. The minimum absolute atomic E-state index is 0.0786. The highest BCUT2D eigenvalue weighted by molar-refractivity contribution is 8.00. The molecule has 89 heavy (non-hydrogen) atoms. The summed E-state index contributed by atoms with van der Waals surface area (Å²) in [6.45, 7) is 2.08. The number of fused-ring (bicyclic) bond motifs is 1. The number of urea groups is 1. The first-order valence-electron chi connectivity index (χ1n) is 30.4. The molecular formula is C65H79N8O15S-3. The van der Waals surface area contributed by atoms with Crippen molar-refractivity contribution in [2.24, 2.45) is 9.98 Å². The van der Waals surface area contributed by atoms with Crippen LogP contribution < -0.4 is 45.6 Å². The van der Waals surface area contributed by atoms with E-state index in [1.54, 1.807) is 51.1 Å². The highest BCUT2D eigenvalue weighted by Crippen LogP contribution is 2.33. The van der Waals surface area contributed by atoms with Crippen LogP contribution in [0.5, 0.6) is 0 Å². The number of ether oxygens (including phenoxy) is 2. The van der Waals surface area contributed by atoms with E-state index in [1.807, 2.05) is 72.4 Å². The van der Waals surface area contributed by atoms with Crippen molar-refractivity contribution in [3.05, 3.63) is 119 Å². The first-order valence-corrected chi connectivity index (χ1v) is 31.5. The van der Waals surface area contributed by atoms with E-state index in [9.17, 15) is 63.9 Å². The van der Waals surface area contributed by atoms with Crippen LogP contribution in [0, 0.1) is 0 Å². The molecule has 3 unspecified atom stereocenters. The molecule has 0 spiro atoms. The molecule has 9 aliphatic rings. The zero-order valence-electron chi connectivity index (χ0n) is 50.1. The third-order valence-corrected chi connectivity index (χ3v) is 17.0. The van der Waals surface area contributed by atoms with Gasteiger partial charge in [0.05, 0.1) is 64.4 Å². The first kappa shape index (κ1) is 68.1. The zero-order chi connectivity index (χ0) is 63.5. The predicted octanol–water partition coefficient (Wildman–Crippen LogP) is 4.40. The maximum Gasteiger partial charge on any atom is 0.315 e. The Morgan fingerprint density at radius 1 is 0.483 bits per heavy atom. The van der Waals surface area contributed by atoms with Crippen LogP contribution in [0.4, 0.5) is 27.5 Å². The lowest BCUT2D eigenvalue weighted by Crippen LogP contribution is -2.36. The second-order valence-electron chi connectivity index (χ2n) is 22.1. The number of amides is 6. The minimum atomic E-state index is -1.35. The van der Waals surface area contributed by atoms with Crippen LogP contribution >= 0.6 is 11.8 Å². The quantitative estimate of drug-likeness (QED) is 0.0309. The van der Waals surface area contributed by atoms with Gasteiger partial charge in [0.1, 0.15) is 0 Å². The van der Waals surface area contributed by atoms with Gasteiger partial charge in [-0.1, -0.05) is 48.5 Å². The second-order valence-corrected chi connectivity index (χ2v) is 23.3. The van der Waals surface area contributed by atoms with Crippen LogP contribution in [0.2, 0.25) is 0 Å². The molecule has 0 aromatic heterocycles. The number of carbonyl (C=O) groups excluding carboxylic acids is 6. The minimum Gasteiger partial charge on any atom is -0.862 e. The van der Waals surface area contributed by atoms with Crippen LogP contribution in [0.3, 0.4) is 0 Å². The van der Waals surface area contributed by atoms with E-state index < -0.39 is 36.1 Å². The van der Waals surface area contributed by atoms with Crippen molar-refractivity contribution in [3.63, 3.8) is 0 Å². The number of benzene rings is 4. The average molecular weight is 1240 g/mol. The molecule has 24 heteroatoms. The largest absolute Gasteiger partial charge is 0.862 e. The molecule has 6 amide bonds. The van der Waals surface area contributed by atoms with Gasteiger partial charge in [-0.05, 0) is 153 Å². The zero-order valence-corrected chi connectivity index (χ0v) is 50.9. The molecule has 4 aromatic carbocycles. The number of hydrogen-bond donors (Lipinski definition) is 4. The maximum atomic E-state index is 14.1. The summed E-state index contributed by atoms with van der Waals surface area (Å²) in [6.07, 6.45) is 2.33. The van der Waals surface area contributed by atoms with Crippen molar-refractivity contribution in [2.45, 2.75) is 126 Å². The average Bonchev–Trinajstić information content (AvgIpc) is 2.60. The summed E-state index contributed by atoms with van der Waals surface area (Å²) >= 11 is 1.81. The molecule has 0 saturated carbocycles. The Hall–Kier alpha value is -8.35. The first-order chi connectivity index (χ1) is 43.0. The van der Waals surface area contributed by atoms with Gasteiger partial charge in [-0.2, -0.15) is 11.8 Å². The summed E-state index contributed by atoms with van der Waals surface area (Å²) in [5.41, 5.74) is 5.86. The van der Waals surface area contributed by atoms with Crippen molar-refractivity contribution < 1.29 is 73.4 Å². The van der Waals surface area contributed by atoms with E-state index in [0.29, 0.717) is 74.1 Å². The molecule has 4 aromatic rings. The SMILES string of the molecule is O=C([O-])CCC(=O)N1CCCCN(C(=O)CCC([O-])=NCCOCCOCCN=C([O-])CCCC2SCC3NC(=O)NC32)c2ccc(cc2)Cc2ccc(cc2)N(C(=O)CCC(=O)O)CCCCN(C(=O)CCC(=O)O)c2ccc(cc2)Cc2ccc1cc2. The fraction of sp³-hybridized carbons (Fsp3) is 0.477. The molecule has 0 aliphatic carbocycles. The number of carbonyl (C=O) groups is 8. The molecule has 478 valence electrons. The van der Waals surface area contributed by atoms with Crippen molar-refractivity contribution in [2.75, 3.05) is 91.0 Å². The summed E-state index contributed by atoms with van der Waals surface area (Å²) in [6, 6.07) is 29.5. The van der Waals surface area contributed by atoms with E-state index in [1.165, 1.54) is 4.90 Å². The normalized spacial score (nSPS) is 17.8. The van der Waals surface area contributed by atoms with Crippen molar-refractivity contribution >= 4 is 93.9 Å². The Labute approximate surface area is 522 Å². The summed E-state index contributed by atoms with van der Waals surface area (Å²) in [5, 5.41) is 61.6. The molecule has 9 aliphatic heterocycles. The molecule has 4 N–H and O–H groups in total. The maximum absolute atomic E-state index is 14.1. The molecule has 3 atom stereocenters. The number of thioether (sulfide) groups is 1. The molecule has 2 fully saturated rings. The van der Waals surface area contributed by atoms with Gasteiger partial charge in [0.25, 0.3) is 0 Å². The number of nitrogens with one attached hydrogen (secondary N) is 2. The Balaban J connectivity index is 0.984. The van der Waals surface area contributed by atoms with Crippen molar-refractivity contribution in [1.82, 2.24) is 10.6 Å². The van der Waals surface area contributed by atoms with Crippen LogP contribution in [0.15, 0.2) is 107 Å². The van der Waals surface area contributed by atoms with Gasteiger partial charge in [-0.3, -0.25) is 28.8 Å². The number of aliphatic imine (C=N–C) groups is 2. The number of carboxylic acid groups (broad SMARTS) is 3. The number of rotatable bonds is 25. The number of nitrogens with zero attached hydrogens (tertiary/aromatic N) is 6. The molecular weight excluding hydrogens is 1160 g/mol. The highest BCUT2D eigenvalue weighted by atomic mass is 32.2. The van der Waals surface area contributed by atoms with Crippen LogP contribution in [0.1, 0.15) is 119 Å². The van der Waals surface area contributed by atoms with Crippen molar-refractivity contribution in [1.29, 1.82) is 0 Å². The second kappa shape index (κ2) is 35.6. The van der Waals surface area contributed by atoms with Crippen LogP contribution in [0.25, 0.3) is 0 Å². The third kappa shape index (κ3) is 22.6. The standard InChI is InChI=1S/C65H82N8O15S/c74-55(7-5-6-54-64-53(44-89-54)68-65(86)69-64)66-32-38-87-40-41-88-39-33-67-56(75)24-25-57(76)70-34-1-2-35-71(58(77)26-29-61(80)81)50-18-12-47(13-19-50)43-48-14-22-52(23-15-48)73(60(79)28-31-63(84)85)37-4-3-36-72(59(78)27-30-62(82)83)51-20-10-46(11-21-51)42-45-8-16-49(70)17-9-45/h8-23,53-54,64H,1-7,24-44H2,(H,66,74)(H,67,75)(H,80,81)(H,82,83)(H,84,85)(H2,68,69,86)/p-3. The topological polar surface area (TPSA) is 326 Å². The van der Waals surface area contributed by atoms with Gasteiger partial charge in [0, 0.05) is 91.6 Å². The lowest BCUT2D eigenvalue weighted by atomic mass is 10.0. The monoisotopic (exact) mass is 1240 g/mol. The van der Waals surface area contributed by atoms with Gasteiger partial charge in [-0.25, -0.2) is 4.79 Å². The fourth-order valence-corrected chi connectivity index (χ4v) is 12.3. The number of anilines is 4. The van der Waals surface area contributed by atoms with Gasteiger partial charge >= 0.3 is 18.0 Å². The highest BCUT2D eigenvalue weighted by Gasteiger charge is 2.42. The molecule has 23 nitrogen and oxygen atoms in total. The molecule has 8 bridgehead atoms. The third-order valence-electron chi connectivity index (χ3n) is 15.5. The summed E-state index contributed by atoms with van der Waals surface area (Å²) in [7, 11) is 0. The lowest BCUT2D eigenvalue weighted by molar-refractivity contribution is -0.305. The van der Waals surface area contributed by atoms with E-state index in [4.69, 9.17) is 9.47 Å². The van der Waals surface area contributed by atoms with E-state index in [-0.39, 0.29) is 158 Å². The Morgan fingerprint density at radius 2 is 0.843 bits per heavy atom. The Bertz CT molecular complexity index is 3070. The Morgan fingerprint density at radius 3 is 1.21 bits per heavy atom. The summed E-state index contributed by atoms with van der Waals surface area (Å²) in [5.74, 6) is -4.83. The van der Waals surface area contributed by atoms with Gasteiger partial charge < -0.3 is 80.0 Å². The van der Waals surface area contributed by atoms with E-state index >= 15 is 0 Å². The predicted molar refractivity (Wildman–Crippen MR) is 332 cm³/mol. The fourth-order valence-electron chi connectivity index (χ4n) is 10.8. The van der Waals surface area contributed by atoms with E-state index in [2.05, 4.69) is 20.6 Å². The van der Waals surface area contributed by atoms with Crippen LogP contribution in [-0.2, 0) is 55.9 Å².